The molecule has 0 fully saturated rings. The van der Waals surface area contributed by atoms with E-state index in [0.29, 0.717) is 5.92 Å². The molecule has 2 N–H and O–H groups in total. The van der Waals surface area contributed by atoms with Gasteiger partial charge in [0.2, 0.25) is 11.9 Å². The van der Waals surface area contributed by atoms with Crippen LogP contribution in [0.5, 0.6) is 0 Å². The first-order valence-electron chi connectivity index (χ1n) is 5.63. The Morgan fingerprint density at radius 2 is 1.81 bits per heavy atom. The van der Waals surface area contributed by atoms with Crippen molar-refractivity contribution in [2.45, 2.75) is 13.8 Å². The lowest BCUT2D eigenvalue weighted by atomic mass is 9.96. The summed E-state index contributed by atoms with van der Waals surface area (Å²) in [6.07, 6.45) is 4.03. The maximum Gasteiger partial charge on any atom is 0.246 e. The highest BCUT2D eigenvalue weighted by molar-refractivity contribution is 6.05. The van der Waals surface area contributed by atoms with Gasteiger partial charge in [-0.25, -0.2) is 5.84 Å². The van der Waals surface area contributed by atoms with Gasteiger partial charge in [0, 0.05) is 11.6 Å². The molecule has 0 bridgehead atoms. The molecule has 1 aromatic carbocycles. The molecule has 0 spiro atoms. The fraction of sp³-hybridized carbons (Fsp3) is 0.214. The molecule has 80 valence electrons. The second kappa shape index (κ2) is 3.08. The molecule has 0 radical (unpaired) electrons. The summed E-state index contributed by atoms with van der Waals surface area (Å²) in [6.45, 7) is 4.43. The third-order valence-corrected chi connectivity index (χ3v) is 3.26. The van der Waals surface area contributed by atoms with E-state index in [4.69, 9.17) is 5.84 Å². The number of hydrazone groups is 1. The first kappa shape index (κ1) is 9.40. The summed E-state index contributed by atoms with van der Waals surface area (Å²) in [7, 11) is 0. The molecule has 1 aliphatic carbocycles. The van der Waals surface area contributed by atoms with Crippen LogP contribution in [0.3, 0.4) is 0 Å². The van der Waals surface area contributed by atoms with Crippen molar-refractivity contribution in [3.05, 3.63) is 47.2 Å². The van der Waals surface area contributed by atoms with Gasteiger partial charge in [0.05, 0.1) is 5.57 Å². The van der Waals surface area contributed by atoms with Gasteiger partial charge in [0.1, 0.15) is 0 Å². The van der Waals surface area contributed by atoms with Crippen molar-refractivity contribution < 1.29 is 4.68 Å². The molecule has 0 atom stereocenters. The van der Waals surface area contributed by atoms with Crippen LogP contribution in [0.4, 0.5) is 0 Å². The number of hydrogen-bond acceptors (Lipinski definition) is 1. The summed E-state index contributed by atoms with van der Waals surface area (Å²) < 4.78 is 1.74. The molecular formula is C14H15N2+. The van der Waals surface area contributed by atoms with E-state index in [2.05, 4.69) is 44.2 Å². The van der Waals surface area contributed by atoms with Crippen LogP contribution in [0, 0.1) is 5.92 Å². The molecule has 0 saturated carbocycles. The molecule has 1 aromatic rings. The number of hydrogen-bond donors (Lipinski definition) is 1. The van der Waals surface area contributed by atoms with Gasteiger partial charge in [-0.2, -0.15) is 0 Å². The van der Waals surface area contributed by atoms with Crippen LogP contribution in [-0.4, -0.2) is 10.9 Å². The van der Waals surface area contributed by atoms with Gasteiger partial charge in [-0.15, -0.1) is 0 Å². The number of fused-ring (bicyclic) bond motifs is 3. The van der Waals surface area contributed by atoms with E-state index in [1.54, 1.807) is 4.68 Å². The van der Waals surface area contributed by atoms with E-state index in [1.165, 1.54) is 28.0 Å². The van der Waals surface area contributed by atoms with Crippen molar-refractivity contribution in [3.8, 4) is 0 Å². The van der Waals surface area contributed by atoms with Crippen LogP contribution in [0.25, 0.3) is 11.1 Å². The number of benzene rings is 1. The topological polar surface area (TPSA) is 29.0 Å². The standard InChI is InChI=1S/C14H15N2/c1-9(2)13-11-6-4-3-5-10(11)12-7-8-16(15)14(12)13/h3-9H,15H2,1-2H3/q+1. The average molecular weight is 211 g/mol. The smallest absolute Gasteiger partial charge is 0.205 e. The van der Waals surface area contributed by atoms with Crippen LogP contribution in [0.2, 0.25) is 0 Å². The van der Waals surface area contributed by atoms with Crippen LogP contribution in [0.15, 0.2) is 36.0 Å². The normalized spacial score (nSPS) is 17.4. The zero-order chi connectivity index (χ0) is 11.3. The quantitative estimate of drug-likeness (QED) is 0.561. The van der Waals surface area contributed by atoms with Gasteiger partial charge in [-0.1, -0.05) is 42.8 Å². The average Bonchev–Trinajstić information content (AvgIpc) is 2.77. The summed E-state index contributed by atoms with van der Waals surface area (Å²) in [6, 6.07) is 8.53. The Hall–Kier alpha value is -1.83. The highest BCUT2D eigenvalue weighted by Crippen LogP contribution is 2.45. The minimum Gasteiger partial charge on any atom is -0.205 e. The molecule has 2 nitrogen and oxygen atoms in total. The van der Waals surface area contributed by atoms with Crippen molar-refractivity contribution in [1.82, 2.24) is 0 Å². The Kier molecular flexibility index (Phi) is 1.81. The Morgan fingerprint density at radius 3 is 2.50 bits per heavy atom. The van der Waals surface area contributed by atoms with Crippen molar-refractivity contribution in [1.29, 1.82) is 0 Å². The summed E-state index contributed by atoms with van der Waals surface area (Å²) >= 11 is 0. The fourth-order valence-corrected chi connectivity index (χ4v) is 2.61. The monoisotopic (exact) mass is 211 g/mol. The van der Waals surface area contributed by atoms with E-state index in [0.717, 1.165) is 0 Å². The van der Waals surface area contributed by atoms with Crippen molar-refractivity contribution in [3.63, 3.8) is 0 Å². The molecule has 16 heavy (non-hydrogen) atoms. The molecule has 3 rings (SSSR count). The van der Waals surface area contributed by atoms with E-state index in [1.807, 2.05) is 6.21 Å². The summed E-state index contributed by atoms with van der Waals surface area (Å²) in [4.78, 5) is 0. The van der Waals surface area contributed by atoms with Gasteiger partial charge in [0.15, 0.2) is 0 Å². The third kappa shape index (κ3) is 1.04. The molecule has 2 heteroatoms. The Balaban J connectivity index is 2.32. The first-order valence-corrected chi connectivity index (χ1v) is 5.63. The summed E-state index contributed by atoms with van der Waals surface area (Å²) in [5, 5.41) is 0. The molecular weight excluding hydrogens is 196 g/mol. The highest BCUT2D eigenvalue weighted by Gasteiger charge is 2.37. The van der Waals surface area contributed by atoms with Gasteiger partial charge in [0.25, 0.3) is 0 Å². The van der Waals surface area contributed by atoms with E-state index in [-0.39, 0.29) is 0 Å². The number of hydrazine groups is 1. The van der Waals surface area contributed by atoms with E-state index >= 15 is 0 Å². The second-order valence-corrected chi connectivity index (χ2v) is 4.60. The van der Waals surface area contributed by atoms with Gasteiger partial charge in [-0.05, 0) is 17.0 Å². The van der Waals surface area contributed by atoms with Gasteiger partial charge >= 0.3 is 0 Å². The zero-order valence-electron chi connectivity index (χ0n) is 9.57. The van der Waals surface area contributed by atoms with Crippen LogP contribution in [-0.2, 0) is 0 Å². The number of nitrogens with two attached hydrogens (primary N) is 1. The molecule has 2 aliphatic rings. The van der Waals surface area contributed by atoms with Crippen molar-refractivity contribution in [2.75, 3.05) is 0 Å². The Labute approximate surface area is 95.4 Å². The van der Waals surface area contributed by atoms with Crippen LogP contribution in [0.1, 0.15) is 25.0 Å². The molecule has 1 aliphatic heterocycles. The molecule has 0 saturated heterocycles. The number of allylic oxidation sites excluding steroid dienone is 3. The lowest BCUT2D eigenvalue weighted by Crippen LogP contribution is -2.17. The van der Waals surface area contributed by atoms with E-state index < -0.39 is 0 Å². The predicted octanol–water partition coefficient (Wildman–Crippen LogP) is 2.42. The first-order chi connectivity index (χ1) is 7.70. The Bertz CT molecular complexity index is 560. The maximum absolute atomic E-state index is 6.00. The van der Waals surface area contributed by atoms with Gasteiger partial charge in [-0.3, -0.25) is 0 Å². The van der Waals surface area contributed by atoms with Crippen molar-refractivity contribution >= 4 is 17.4 Å². The minimum absolute atomic E-state index is 0.486. The Morgan fingerprint density at radius 1 is 1.12 bits per heavy atom. The van der Waals surface area contributed by atoms with Crippen LogP contribution >= 0.6 is 0 Å². The lowest BCUT2D eigenvalue weighted by Gasteiger charge is -2.07. The third-order valence-electron chi connectivity index (χ3n) is 3.26. The molecule has 0 aromatic heterocycles. The fourth-order valence-electron chi connectivity index (χ4n) is 2.61. The lowest BCUT2D eigenvalue weighted by molar-refractivity contribution is -0.472. The van der Waals surface area contributed by atoms with Crippen LogP contribution < -0.4 is 5.84 Å². The zero-order valence-corrected chi connectivity index (χ0v) is 9.57. The number of rotatable bonds is 1. The van der Waals surface area contributed by atoms with Crippen molar-refractivity contribution in [2.24, 2.45) is 11.8 Å². The highest BCUT2D eigenvalue weighted by atomic mass is 15.3. The van der Waals surface area contributed by atoms with E-state index in [9.17, 15) is 0 Å². The second-order valence-electron chi connectivity index (χ2n) is 4.60. The predicted molar refractivity (Wildman–Crippen MR) is 66.7 cm³/mol. The molecule has 0 unspecified atom stereocenters. The maximum atomic E-state index is 6.00. The summed E-state index contributed by atoms with van der Waals surface area (Å²) in [5.74, 6) is 6.48. The van der Waals surface area contributed by atoms with Gasteiger partial charge < -0.3 is 0 Å². The summed E-state index contributed by atoms with van der Waals surface area (Å²) in [5.41, 5.74) is 6.45. The number of nitrogens with zero attached hydrogens (tertiary/aromatic N) is 1. The molecule has 1 heterocycles. The molecule has 0 amide bonds. The largest absolute Gasteiger partial charge is 0.246 e. The minimum atomic E-state index is 0.486. The SMILES string of the molecule is CC(C)C1=C2C(=CC=[N+]2N)c2ccccc21.